The molecule has 1 aliphatic carbocycles. The van der Waals surface area contributed by atoms with Gasteiger partial charge in [0.05, 0.1) is 5.60 Å². The molecule has 0 aromatic carbocycles. The molecule has 0 radical (unpaired) electrons. The van der Waals surface area contributed by atoms with E-state index in [1.807, 2.05) is 18.9 Å². The summed E-state index contributed by atoms with van der Waals surface area (Å²) in [5.41, 5.74) is 1.60. The first kappa shape index (κ1) is 13.4. The van der Waals surface area contributed by atoms with Crippen LogP contribution in [0, 0.1) is 5.92 Å². The number of aliphatic hydroxyl groups is 1. The monoisotopic (exact) mass is 229 g/mol. The molecular formula is C11H23N3O2. The average Bonchev–Trinajstić information content (AvgIpc) is 2.62. The summed E-state index contributed by atoms with van der Waals surface area (Å²) >= 11 is 0. The predicted octanol–water partition coefficient (Wildman–Crippen LogP) is -0.151. The van der Waals surface area contributed by atoms with Crippen molar-refractivity contribution in [2.75, 3.05) is 20.1 Å². The molecule has 0 spiro atoms. The Morgan fingerprint density at radius 3 is 2.62 bits per heavy atom. The van der Waals surface area contributed by atoms with Crippen molar-refractivity contribution in [1.29, 1.82) is 0 Å². The molecule has 0 aromatic rings. The van der Waals surface area contributed by atoms with Crippen molar-refractivity contribution < 1.29 is 9.90 Å². The lowest BCUT2D eigenvalue weighted by Crippen LogP contribution is -2.44. The summed E-state index contributed by atoms with van der Waals surface area (Å²) in [5, 5.41) is 10.2. The molecule has 0 heterocycles. The molecule has 0 saturated heterocycles. The number of nitrogens with two attached hydrogens (primary N) is 1. The quantitative estimate of drug-likeness (QED) is 0.348. The highest BCUT2D eigenvalue weighted by Crippen LogP contribution is 2.29. The Morgan fingerprint density at radius 1 is 1.56 bits per heavy atom. The van der Waals surface area contributed by atoms with Crippen LogP contribution in [0.4, 0.5) is 0 Å². The minimum absolute atomic E-state index is 0.153. The normalized spacial score (nSPS) is 21.1. The van der Waals surface area contributed by atoms with Crippen LogP contribution in [0.2, 0.25) is 0 Å². The molecule has 1 amide bonds. The van der Waals surface area contributed by atoms with E-state index in [4.69, 9.17) is 5.84 Å². The first-order valence-electron chi connectivity index (χ1n) is 5.88. The molecule has 4 N–H and O–H groups in total. The number of rotatable bonds is 5. The molecule has 1 saturated carbocycles. The van der Waals surface area contributed by atoms with Gasteiger partial charge in [0.15, 0.2) is 0 Å². The standard InChI is InChI=1S/C11H23N3O2/c1-9(10(15)13-12)7-14(2)8-11(16)5-3-4-6-11/h9,16H,3-8,12H2,1-2H3,(H,13,15). The van der Waals surface area contributed by atoms with E-state index in [1.165, 1.54) is 0 Å². The highest BCUT2D eigenvalue weighted by Gasteiger charge is 2.32. The molecule has 5 heteroatoms. The third kappa shape index (κ3) is 3.73. The van der Waals surface area contributed by atoms with Gasteiger partial charge in [-0.25, -0.2) is 5.84 Å². The molecule has 0 aromatic heterocycles. The van der Waals surface area contributed by atoms with E-state index in [-0.39, 0.29) is 11.8 Å². The summed E-state index contributed by atoms with van der Waals surface area (Å²) < 4.78 is 0. The second-order valence-electron chi connectivity index (χ2n) is 5.04. The Bertz CT molecular complexity index is 239. The fraction of sp³-hybridized carbons (Fsp3) is 0.909. The second kappa shape index (κ2) is 5.61. The summed E-state index contributed by atoms with van der Waals surface area (Å²) in [6.45, 7) is 3.08. The summed E-state index contributed by atoms with van der Waals surface area (Å²) in [7, 11) is 1.93. The number of nitrogens with one attached hydrogen (secondary N) is 1. The Balaban J connectivity index is 2.35. The number of nitrogens with zero attached hydrogens (tertiary/aromatic N) is 1. The fourth-order valence-electron chi connectivity index (χ4n) is 2.45. The SMILES string of the molecule is CC(CN(C)CC1(O)CCCC1)C(=O)NN. The zero-order valence-electron chi connectivity index (χ0n) is 10.2. The highest BCUT2D eigenvalue weighted by atomic mass is 16.3. The maximum absolute atomic E-state index is 11.2. The highest BCUT2D eigenvalue weighted by molar-refractivity contribution is 5.77. The van der Waals surface area contributed by atoms with Crippen LogP contribution in [0.15, 0.2) is 0 Å². The largest absolute Gasteiger partial charge is 0.389 e. The predicted molar refractivity (Wildman–Crippen MR) is 62.4 cm³/mol. The number of hydrogen-bond acceptors (Lipinski definition) is 4. The molecule has 5 nitrogen and oxygen atoms in total. The second-order valence-corrected chi connectivity index (χ2v) is 5.04. The van der Waals surface area contributed by atoms with E-state index in [0.29, 0.717) is 13.1 Å². The Kier molecular flexibility index (Phi) is 4.70. The van der Waals surface area contributed by atoms with Crippen molar-refractivity contribution in [2.24, 2.45) is 11.8 Å². The van der Waals surface area contributed by atoms with Gasteiger partial charge in [-0.3, -0.25) is 10.2 Å². The Hall–Kier alpha value is -0.650. The molecule has 0 aliphatic heterocycles. The van der Waals surface area contributed by atoms with E-state index in [2.05, 4.69) is 5.43 Å². The van der Waals surface area contributed by atoms with E-state index in [1.54, 1.807) is 0 Å². The number of carbonyl (C=O) groups excluding carboxylic acids is 1. The molecule has 1 atom stereocenters. The van der Waals surface area contributed by atoms with Crippen LogP contribution in [-0.2, 0) is 4.79 Å². The number of hydrazine groups is 1. The fourth-order valence-corrected chi connectivity index (χ4v) is 2.45. The molecule has 1 unspecified atom stereocenters. The van der Waals surface area contributed by atoms with Crippen molar-refractivity contribution in [3.05, 3.63) is 0 Å². The lowest BCUT2D eigenvalue weighted by Gasteiger charge is -2.29. The summed E-state index contributed by atoms with van der Waals surface area (Å²) in [6, 6.07) is 0. The van der Waals surface area contributed by atoms with Crippen LogP contribution in [-0.4, -0.2) is 41.7 Å². The van der Waals surface area contributed by atoms with Crippen LogP contribution >= 0.6 is 0 Å². The van der Waals surface area contributed by atoms with Crippen LogP contribution in [0.1, 0.15) is 32.6 Å². The van der Waals surface area contributed by atoms with Gasteiger partial charge in [-0.15, -0.1) is 0 Å². The van der Waals surface area contributed by atoms with Gasteiger partial charge in [0.1, 0.15) is 0 Å². The smallest absolute Gasteiger partial charge is 0.237 e. The number of carbonyl (C=O) groups is 1. The van der Waals surface area contributed by atoms with Crippen molar-refractivity contribution in [2.45, 2.75) is 38.2 Å². The Morgan fingerprint density at radius 2 is 2.12 bits per heavy atom. The van der Waals surface area contributed by atoms with Gasteiger partial charge < -0.3 is 10.0 Å². The zero-order valence-corrected chi connectivity index (χ0v) is 10.2. The van der Waals surface area contributed by atoms with Crippen LogP contribution in [0.25, 0.3) is 0 Å². The van der Waals surface area contributed by atoms with Gasteiger partial charge in [0, 0.05) is 19.0 Å². The minimum Gasteiger partial charge on any atom is -0.389 e. The van der Waals surface area contributed by atoms with Crippen molar-refractivity contribution in [3.8, 4) is 0 Å². The lowest BCUT2D eigenvalue weighted by molar-refractivity contribution is -0.125. The number of hydrogen-bond donors (Lipinski definition) is 3. The molecular weight excluding hydrogens is 206 g/mol. The maximum atomic E-state index is 11.2. The van der Waals surface area contributed by atoms with Crippen molar-refractivity contribution >= 4 is 5.91 Å². The van der Waals surface area contributed by atoms with E-state index < -0.39 is 5.60 Å². The first-order valence-corrected chi connectivity index (χ1v) is 5.88. The molecule has 1 fully saturated rings. The van der Waals surface area contributed by atoms with Gasteiger partial charge in [-0.05, 0) is 19.9 Å². The van der Waals surface area contributed by atoms with Crippen LogP contribution in [0.5, 0.6) is 0 Å². The lowest BCUT2D eigenvalue weighted by atomic mass is 10.0. The summed E-state index contributed by atoms with van der Waals surface area (Å²) in [6.07, 6.45) is 3.94. The average molecular weight is 229 g/mol. The third-order valence-corrected chi connectivity index (χ3v) is 3.27. The molecule has 94 valence electrons. The topological polar surface area (TPSA) is 78.6 Å². The van der Waals surface area contributed by atoms with Gasteiger partial charge in [0.2, 0.25) is 5.91 Å². The first-order chi connectivity index (χ1) is 7.47. The third-order valence-electron chi connectivity index (χ3n) is 3.27. The van der Waals surface area contributed by atoms with E-state index in [0.717, 1.165) is 25.7 Å². The Labute approximate surface area is 97.0 Å². The zero-order chi connectivity index (χ0) is 12.2. The van der Waals surface area contributed by atoms with E-state index in [9.17, 15) is 9.90 Å². The molecule has 0 bridgehead atoms. The van der Waals surface area contributed by atoms with Gasteiger partial charge in [0.25, 0.3) is 0 Å². The minimum atomic E-state index is -0.548. The van der Waals surface area contributed by atoms with Gasteiger partial charge >= 0.3 is 0 Å². The van der Waals surface area contributed by atoms with Crippen molar-refractivity contribution in [3.63, 3.8) is 0 Å². The van der Waals surface area contributed by atoms with E-state index >= 15 is 0 Å². The summed E-state index contributed by atoms with van der Waals surface area (Å²) in [4.78, 5) is 13.2. The number of likely N-dealkylation sites (N-methyl/N-ethyl adjacent to an activating group) is 1. The van der Waals surface area contributed by atoms with Gasteiger partial charge in [-0.2, -0.15) is 0 Å². The summed E-state index contributed by atoms with van der Waals surface area (Å²) in [5.74, 6) is 4.76. The van der Waals surface area contributed by atoms with Gasteiger partial charge in [-0.1, -0.05) is 19.8 Å². The molecule has 1 aliphatic rings. The van der Waals surface area contributed by atoms with Crippen LogP contribution in [0.3, 0.4) is 0 Å². The maximum Gasteiger partial charge on any atom is 0.237 e. The van der Waals surface area contributed by atoms with Crippen LogP contribution < -0.4 is 11.3 Å². The van der Waals surface area contributed by atoms with Crippen molar-refractivity contribution in [1.82, 2.24) is 10.3 Å². The molecule has 1 rings (SSSR count). The number of amides is 1. The molecule has 16 heavy (non-hydrogen) atoms.